The lowest BCUT2D eigenvalue weighted by molar-refractivity contribution is -0.111. The number of ether oxygens (including phenoxy) is 2. The highest BCUT2D eigenvalue weighted by molar-refractivity contribution is 6.21. The van der Waals surface area contributed by atoms with Crippen LogP contribution in [0.5, 0.6) is 5.75 Å². The van der Waals surface area contributed by atoms with Crippen molar-refractivity contribution in [3.8, 4) is 5.75 Å². The first-order valence-electron chi connectivity index (χ1n) is 9.41. The lowest BCUT2D eigenvalue weighted by Crippen LogP contribution is -2.39. The quantitative estimate of drug-likeness (QED) is 0.761. The topological polar surface area (TPSA) is 86.8 Å². The average molecular weight is 385 g/mol. The number of hydrogen-bond acceptors (Lipinski definition) is 6. The molecule has 7 heteroatoms. The summed E-state index contributed by atoms with van der Waals surface area (Å²) in [6.07, 6.45) is 0. The fourth-order valence-electron chi connectivity index (χ4n) is 3.66. The molecule has 150 valence electrons. The molecular formula is C21H27N3O4. The minimum absolute atomic E-state index is 0.0621. The van der Waals surface area contributed by atoms with E-state index in [1.807, 2.05) is 12.1 Å². The Labute approximate surface area is 164 Å². The molecule has 7 nitrogen and oxygen atoms in total. The summed E-state index contributed by atoms with van der Waals surface area (Å²) >= 11 is 0. The zero-order chi connectivity index (χ0) is 20.3. The number of hydrogen-bond donors (Lipinski definition) is 1. The molecule has 0 amide bonds. The smallest absolute Gasteiger partial charge is 0.251 e. The Bertz CT molecular complexity index is 968. The van der Waals surface area contributed by atoms with Crippen LogP contribution in [-0.4, -0.2) is 55.2 Å². The van der Waals surface area contributed by atoms with Gasteiger partial charge in [0.25, 0.3) is 5.56 Å². The third kappa shape index (κ3) is 4.10. The number of carbonyl (C=O) groups is 1. The molecule has 0 aliphatic carbocycles. The van der Waals surface area contributed by atoms with Crippen molar-refractivity contribution in [3.63, 3.8) is 0 Å². The van der Waals surface area contributed by atoms with E-state index in [0.717, 1.165) is 43.8 Å². The van der Waals surface area contributed by atoms with Gasteiger partial charge in [0, 0.05) is 55.1 Å². The largest absolute Gasteiger partial charge is 0.496 e. The Morgan fingerprint density at radius 1 is 1.18 bits per heavy atom. The van der Waals surface area contributed by atoms with Crippen molar-refractivity contribution >= 4 is 22.3 Å². The predicted octanol–water partition coefficient (Wildman–Crippen LogP) is 1.62. The van der Waals surface area contributed by atoms with Gasteiger partial charge in [-0.15, -0.1) is 0 Å². The molecule has 1 saturated heterocycles. The molecule has 0 unspecified atom stereocenters. The van der Waals surface area contributed by atoms with Crippen LogP contribution in [0, 0.1) is 0 Å². The van der Waals surface area contributed by atoms with E-state index >= 15 is 0 Å². The van der Waals surface area contributed by atoms with Crippen molar-refractivity contribution in [1.29, 1.82) is 0 Å². The van der Waals surface area contributed by atoms with E-state index in [1.54, 1.807) is 30.7 Å². The number of morpholine rings is 1. The maximum atomic E-state index is 12.5. The van der Waals surface area contributed by atoms with E-state index < -0.39 is 0 Å². The van der Waals surface area contributed by atoms with Gasteiger partial charge < -0.3 is 19.8 Å². The Morgan fingerprint density at radius 2 is 1.89 bits per heavy atom. The van der Waals surface area contributed by atoms with Crippen LogP contribution in [0.15, 0.2) is 34.8 Å². The number of allylic oxidation sites excluding steroid dienone is 2. The van der Waals surface area contributed by atoms with Crippen LogP contribution in [0.4, 0.5) is 0 Å². The third-order valence-corrected chi connectivity index (χ3v) is 5.07. The molecule has 0 spiro atoms. The highest BCUT2D eigenvalue weighted by atomic mass is 16.5. The highest BCUT2D eigenvalue weighted by Crippen LogP contribution is 2.32. The van der Waals surface area contributed by atoms with Crippen molar-refractivity contribution in [2.24, 2.45) is 5.73 Å². The molecule has 1 aromatic heterocycles. The number of fused-ring (bicyclic) bond motifs is 1. The predicted molar refractivity (Wildman–Crippen MR) is 109 cm³/mol. The van der Waals surface area contributed by atoms with Gasteiger partial charge in [-0.05, 0) is 31.4 Å². The fraction of sp³-hybridized carbons (Fsp3) is 0.429. The second kappa shape index (κ2) is 8.58. The number of pyridine rings is 1. The van der Waals surface area contributed by atoms with E-state index in [2.05, 4.69) is 4.90 Å². The Balaban J connectivity index is 2.06. The van der Waals surface area contributed by atoms with Gasteiger partial charge in [-0.1, -0.05) is 0 Å². The van der Waals surface area contributed by atoms with Crippen LogP contribution in [0.3, 0.4) is 0 Å². The van der Waals surface area contributed by atoms with Crippen LogP contribution in [0.25, 0.3) is 16.5 Å². The zero-order valence-electron chi connectivity index (χ0n) is 16.7. The number of aromatic nitrogens is 1. The van der Waals surface area contributed by atoms with Crippen molar-refractivity contribution in [1.82, 2.24) is 9.47 Å². The maximum absolute atomic E-state index is 12.5. The molecule has 1 aliphatic rings. The average Bonchev–Trinajstić information content (AvgIpc) is 2.67. The van der Waals surface area contributed by atoms with E-state index in [1.165, 1.54) is 6.92 Å². The number of methoxy groups -OCH3 is 1. The van der Waals surface area contributed by atoms with Gasteiger partial charge in [0.15, 0.2) is 5.78 Å². The first-order valence-corrected chi connectivity index (χ1v) is 9.41. The van der Waals surface area contributed by atoms with Gasteiger partial charge in [-0.2, -0.15) is 0 Å². The summed E-state index contributed by atoms with van der Waals surface area (Å²) in [6, 6.07) is 7.02. The van der Waals surface area contributed by atoms with Crippen molar-refractivity contribution in [3.05, 3.63) is 45.9 Å². The van der Waals surface area contributed by atoms with Gasteiger partial charge in [0.05, 0.1) is 25.8 Å². The molecule has 28 heavy (non-hydrogen) atoms. The molecule has 0 bridgehead atoms. The summed E-state index contributed by atoms with van der Waals surface area (Å²) in [5, 5.41) is 0.859. The highest BCUT2D eigenvalue weighted by Gasteiger charge is 2.18. The Hall–Kier alpha value is -2.64. The summed E-state index contributed by atoms with van der Waals surface area (Å²) in [5.74, 6) is 0.395. The molecule has 1 aliphatic heterocycles. The fourth-order valence-corrected chi connectivity index (χ4v) is 3.66. The molecule has 0 radical (unpaired) electrons. The molecule has 3 rings (SSSR count). The first kappa shape index (κ1) is 20.1. The van der Waals surface area contributed by atoms with Gasteiger partial charge in [0.2, 0.25) is 0 Å². The summed E-state index contributed by atoms with van der Waals surface area (Å²) in [6.45, 7) is 7.71. The normalized spacial score (nSPS) is 16.1. The second-order valence-corrected chi connectivity index (χ2v) is 7.00. The van der Waals surface area contributed by atoms with Crippen molar-refractivity contribution in [2.75, 3.05) is 40.0 Å². The molecule has 2 N–H and O–H groups in total. The second-order valence-electron chi connectivity index (χ2n) is 7.00. The van der Waals surface area contributed by atoms with Crippen molar-refractivity contribution in [2.45, 2.75) is 20.4 Å². The van der Waals surface area contributed by atoms with Gasteiger partial charge in [0.1, 0.15) is 5.75 Å². The maximum Gasteiger partial charge on any atom is 0.251 e. The van der Waals surface area contributed by atoms with Crippen LogP contribution in [0.2, 0.25) is 0 Å². The number of benzene rings is 1. The number of Topliss-reactive ketones (excluding diaryl/α,β-unsaturated/α-hetero) is 1. The van der Waals surface area contributed by atoms with Gasteiger partial charge in [-0.25, -0.2) is 0 Å². The minimum Gasteiger partial charge on any atom is -0.496 e. The number of carbonyl (C=O) groups excluding carboxylic acids is 1. The Morgan fingerprint density at radius 3 is 2.50 bits per heavy atom. The SMILES string of the molecule is COc1cc2c(ccc(=O)n2CCN2CCOCC2)cc1C(C(C)=O)=C(C)N. The van der Waals surface area contributed by atoms with Crippen LogP contribution in [-0.2, 0) is 16.1 Å². The van der Waals surface area contributed by atoms with Crippen molar-refractivity contribution < 1.29 is 14.3 Å². The molecule has 2 heterocycles. The van der Waals surface area contributed by atoms with Crippen LogP contribution < -0.4 is 16.0 Å². The van der Waals surface area contributed by atoms with E-state index in [9.17, 15) is 9.59 Å². The lowest BCUT2D eigenvalue weighted by Gasteiger charge is -2.27. The summed E-state index contributed by atoms with van der Waals surface area (Å²) in [5.41, 5.74) is 8.18. The van der Waals surface area contributed by atoms with Gasteiger partial charge >= 0.3 is 0 Å². The summed E-state index contributed by atoms with van der Waals surface area (Å²) < 4.78 is 12.7. The first-order chi connectivity index (χ1) is 13.4. The van der Waals surface area contributed by atoms with E-state index in [-0.39, 0.29) is 11.3 Å². The zero-order valence-corrected chi connectivity index (χ0v) is 16.7. The number of rotatable bonds is 6. The van der Waals surface area contributed by atoms with Crippen LogP contribution in [0.1, 0.15) is 19.4 Å². The third-order valence-electron chi connectivity index (χ3n) is 5.07. The van der Waals surface area contributed by atoms with E-state index in [0.29, 0.717) is 29.1 Å². The monoisotopic (exact) mass is 385 g/mol. The number of nitrogens with zero attached hydrogens (tertiary/aromatic N) is 2. The van der Waals surface area contributed by atoms with Crippen LogP contribution >= 0.6 is 0 Å². The molecule has 2 aromatic rings. The standard InChI is InChI=1S/C21H27N3O4/c1-14(22)21(15(2)25)17-12-16-4-5-20(26)24(18(16)13-19(17)27-3)7-6-23-8-10-28-11-9-23/h4-5,12-13H,6-11,22H2,1-3H3. The summed E-state index contributed by atoms with van der Waals surface area (Å²) in [4.78, 5) is 26.9. The molecule has 0 atom stereocenters. The Kier molecular flexibility index (Phi) is 6.16. The van der Waals surface area contributed by atoms with E-state index in [4.69, 9.17) is 15.2 Å². The molecule has 1 aromatic carbocycles. The molecular weight excluding hydrogens is 358 g/mol. The molecule has 0 saturated carbocycles. The van der Waals surface area contributed by atoms with Gasteiger partial charge in [-0.3, -0.25) is 14.5 Å². The number of nitrogens with two attached hydrogens (primary N) is 1. The minimum atomic E-state index is -0.127. The molecule has 1 fully saturated rings. The lowest BCUT2D eigenvalue weighted by atomic mass is 9.97. The summed E-state index contributed by atoms with van der Waals surface area (Å²) in [7, 11) is 1.55. The number of ketones is 1.